The molecular weight excluding hydrogens is 250 g/mol. The van der Waals surface area contributed by atoms with Crippen LogP contribution in [0.5, 0.6) is 5.75 Å². The second-order valence-corrected chi connectivity index (χ2v) is 5.91. The third kappa shape index (κ3) is 2.70. The zero-order valence-corrected chi connectivity index (χ0v) is 12.5. The van der Waals surface area contributed by atoms with Gasteiger partial charge < -0.3 is 14.8 Å². The van der Waals surface area contributed by atoms with Crippen molar-refractivity contribution in [3.63, 3.8) is 0 Å². The number of fused-ring (bicyclic) bond motifs is 1. The first-order chi connectivity index (χ1) is 9.81. The van der Waals surface area contributed by atoms with E-state index in [1.165, 1.54) is 30.4 Å². The number of hydrogen-bond acceptors (Lipinski definition) is 3. The van der Waals surface area contributed by atoms with Crippen LogP contribution >= 0.6 is 0 Å². The summed E-state index contributed by atoms with van der Waals surface area (Å²) in [6, 6.07) is 7.01. The van der Waals surface area contributed by atoms with Crippen LogP contribution in [0, 0.1) is 0 Å². The van der Waals surface area contributed by atoms with Crippen molar-refractivity contribution in [2.45, 2.75) is 57.3 Å². The Hall–Kier alpha value is -1.06. The molecule has 2 aliphatic carbocycles. The molecule has 1 fully saturated rings. The third-order valence-electron chi connectivity index (χ3n) is 4.49. The van der Waals surface area contributed by atoms with Crippen LogP contribution in [-0.4, -0.2) is 31.9 Å². The zero-order valence-electron chi connectivity index (χ0n) is 12.5. The molecule has 0 radical (unpaired) electrons. The van der Waals surface area contributed by atoms with Crippen LogP contribution in [-0.2, 0) is 17.6 Å². The van der Waals surface area contributed by atoms with Crippen LogP contribution in [0.3, 0.4) is 0 Å². The summed E-state index contributed by atoms with van der Waals surface area (Å²) in [6.45, 7) is 2.95. The molecule has 3 unspecified atom stereocenters. The van der Waals surface area contributed by atoms with Crippen LogP contribution in [0.15, 0.2) is 18.2 Å². The van der Waals surface area contributed by atoms with Gasteiger partial charge in [0.1, 0.15) is 18.0 Å². The summed E-state index contributed by atoms with van der Waals surface area (Å²) in [5.41, 5.74) is 2.97. The maximum Gasteiger partial charge on any atom is 0.128 e. The number of ether oxygens (including phenoxy) is 2. The summed E-state index contributed by atoms with van der Waals surface area (Å²) < 4.78 is 12.1. The molecule has 2 aliphatic rings. The number of nitrogens with one attached hydrogen (secondary N) is 1. The van der Waals surface area contributed by atoms with Gasteiger partial charge in [-0.15, -0.1) is 0 Å². The minimum Gasteiger partial charge on any atom is -0.488 e. The molecule has 110 valence electrons. The lowest BCUT2D eigenvalue weighted by Gasteiger charge is -2.43. The first kappa shape index (κ1) is 13.9. The van der Waals surface area contributed by atoms with Gasteiger partial charge in [0, 0.05) is 19.1 Å². The second kappa shape index (κ2) is 6.15. The van der Waals surface area contributed by atoms with Gasteiger partial charge in [-0.2, -0.15) is 0 Å². The van der Waals surface area contributed by atoms with E-state index in [9.17, 15) is 0 Å². The fourth-order valence-electron chi connectivity index (χ4n) is 3.25. The Bertz CT molecular complexity index is 460. The first-order valence-corrected chi connectivity index (χ1v) is 7.89. The van der Waals surface area contributed by atoms with Gasteiger partial charge in [0.05, 0.1) is 0 Å². The molecule has 0 aromatic heterocycles. The second-order valence-electron chi connectivity index (χ2n) is 5.91. The smallest absolute Gasteiger partial charge is 0.128 e. The summed E-state index contributed by atoms with van der Waals surface area (Å²) in [7, 11) is 2.00. The quantitative estimate of drug-likeness (QED) is 0.866. The molecule has 0 aliphatic heterocycles. The first-order valence-electron chi connectivity index (χ1n) is 7.89. The minimum absolute atomic E-state index is 0.188. The Labute approximate surface area is 121 Å². The van der Waals surface area contributed by atoms with Crippen molar-refractivity contribution in [1.29, 1.82) is 0 Å². The highest BCUT2D eigenvalue weighted by atomic mass is 16.5. The van der Waals surface area contributed by atoms with Gasteiger partial charge in [-0.3, -0.25) is 0 Å². The Morgan fingerprint density at radius 3 is 2.90 bits per heavy atom. The van der Waals surface area contributed by atoms with Crippen LogP contribution in [0.4, 0.5) is 0 Å². The molecule has 3 nitrogen and oxygen atoms in total. The lowest BCUT2D eigenvalue weighted by molar-refractivity contribution is -0.106. The highest BCUT2D eigenvalue weighted by Gasteiger charge is 2.43. The number of hydrogen-bond donors (Lipinski definition) is 1. The monoisotopic (exact) mass is 275 g/mol. The fourth-order valence-corrected chi connectivity index (χ4v) is 3.25. The largest absolute Gasteiger partial charge is 0.488 e. The lowest BCUT2D eigenvalue weighted by atomic mass is 9.85. The molecule has 0 amide bonds. The molecule has 1 saturated carbocycles. The van der Waals surface area contributed by atoms with E-state index in [2.05, 4.69) is 30.4 Å². The molecular formula is C17H25NO2. The van der Waals surface area contributed by atoms with E-state index in [0.717, 1.165) is 25.2 Å². The fraction of sp³-hybridized carbons (Fsp3) is 0.647. The number of likely N-dealkylation sites (N-methyl/N-ethyl adjacent to an activating group) is 1. The maximum atomic E-state index is 6.15. The molecule has 1 aromatic carbocycles. The topological polar surface area (TPSA) is 30.5 Å². The van der Waals surface area contributed by atoms with Crippen molar-refractivity contribution < 1.29 is 9.47 Å². The average Bonchev–Trinajstić information content (AvgIpc) is 2.90. The average molecular weight is 275 g/mol. The Morgan fingerprint density at radius 2 is 2.10 bits per heavy atom. The molecule has 20 heavy (non-hydrogen) atoms. The van der Waals surface area contributed by atoms with Gasteiger partial charge in [-0.05, 0) is 56.0 Å². The molecule has 0 heterocycles. The molecule has 1 N–H and O–H groups in total. The minimum atomic E-state index is 0.188. The van der Waals surface area contributed by atoms with E-state index in [1.54, 1.807) is 0 Å². The van der Waals surface area contributed by atoms with Crippen molar-refractivity contribution in [1.82, 2.24) is 5.32 Å². The van der Waals surface area contributed by atoms with E-state index in [-0.39, 0.29) is 12.2 Å². The van der Waals surface area contributed by atoms with Gasteiger partial charge in [0.25, 0.3) is 0 Å². The summed E-state index contributed by atoms with van der Waals surface area (Å²) >= 11 is 0. The zero-order chi connectivity index (χ0) is 13.9. The predicted molar refractivity (Wildman–Crippen MR) is 80.4 cm³/mol. The van der Waals surface area contributed by atoms with E-state index in [0.29, 0.717) is 6.04 Å². The van der Waals surface area contributed by atoms with Crippen molar-refractivity contribution in [3.05, 3.63) is 29.3 Å². The lowest BCUT2D eigenvalue weighted by Crippen LogP contribution is -2.60. The van der Waals surface area contributed by atoms with E-state index in [4.69, 9.17) is 9.47 Å². The highest BCUT2D eigenvalue weighted by Crippen LogP contribution is 2.31. The molecule has 1 aromatic rings. The summed E-state index contributed by atoms with van der Waals surface area (Å²) in [6.07, 6.45) is 6.17. The number of benzene rings is 1. The number of rotatable bonds is 6. The van der Waals surface area contributed by atoms with Gasteiger partial charge in [0.15, 0.2) is 0 Å². The standard InChI is InChI=1S/C17H25NO2/c1-3-9-19-17-15(18-2)11-16(17)20-14-8-7-12-5-4-6-13(12)10-14/h7-8,10,15-18H,3-6,9,11H2,1-2H3. The van der Waals surface area contributed by atoms with Crippen LogP contribution in [0.1, 0.15) is 37.3 Å². The van der Waals surface area contributed by atoms with E-state index < -0.39 is 0 Å². The van der Waals surface area contributed by atoms with Gasteiger partial charge in [0.2, 0.25) is 0 Å². The van der Waals surface area contributed by atoms with Crippen molar-refractivity contribution in [2.75, 3.05) is 13.7 Å². The molecule has 0 bridgehead atoms. The number of aryl methyl sites for hydroxylation is 2. The maximum absolute atomic E-state index is 6.15. The summed E-state index contributed by atoms with van der Waals surface area (Å²) in [5, 5.41) is 3.31. The molecule has 0 saturated heterocycles. The van der Waals surface area contributed by atoms with E-state index in [1.807, 2.05) is 7.05 Å². The Morgan fingerprint density at radius 1 is 1.25 bits per heavy atom. The van der Waals surface area contributed by atoms with Crippen molar-refractivity contribution >= 4 is 0 Å². The molecule has 3 atom stereocenters. The molecule has 3 rings (SSSR count). The summed E-state index contributed by atoms with van der Waals surface area (Å²) in [5.74, 6) is 1.01. The molecule has 3 heteroatoms. The SMILES string of the molecule is CCCOC1C(NC)CC1Oc1ccc2c(c1)CCC2. The van der Waals surface area contributed by atoms with Crippen LogP contribution in [0.2, 0.25) is 0 Å². The third-order valence-corrected chi connectivity index (χ3v) is 4.49. The van der Waals surface area contributed by atoms with Crippen LogP contribution in [0.25, 0.3) is 0 Å². The summed E-state index contributed by atoms with van der Waals surface area (Å²) in [4.78, 5) is 0. The Kier molecular flexibility index (Phi) is 4.27. The highest BCUT2D eigenvalue weighted by molar-refractivity contribution is 5.38. The van der Waals surface area contributed by atoms with Gasteiger partial charge in [-0.1, -0.05) is 13.0 Å². The van der Waals surface area contributed by atoms with E-state index >= 15 is 0 Å². The van der Waals surface area contributed by atoms with Gasteiger partial charge >= 0.3 is 0 Å². The molecule has 0 spiro atoms. The predicted octanol–water partition coefficient (Wildman–Crippen LogP) is 2.71. The Balaban J connectivity index is 1.62. The normalized spacial score (nSPS) is 28.0. The van der Waals surface area contributed by atoms with Crippen LogP contribution < -0.4 is 10.1 Å². The van der Waals surface area contributed by atoms with Crippen molar-refractivity contribution in [3.8, 4) is 5.75 Å². The van der Waals surface area contributed by atoms with Crippen molar-refractivity contribution in [2.24, 2.45) is 0 Å². The van der Waals surface area contributed by atoms with Gasteiger partial charge in [-0.25, -0.2) is 0 Å².